The van der Waals surface area contributed by atoms with Crippen molar-refractivity contribution in [3.63, 3.8) is 0 Å². The van der Waals surface area contributed by atoms with Gasteiger partial charge in [-0.3, -0.25) is 9.79 Å². The molecule has 1 amide bonds. The number of hydrogen-bond donors (Lipinski definition) is 1. The number of amides is 1. The summed E-state index contributed by atoms with van der Waals surface area (Å²) in [5.41, 5.74) is 0.390. The van der Waals surface area contributed by atoms with Gasteiger partial charge in [0.05, 0.1) is 6.54 Å². The topological polar surface area (TPSA) is 57.2 Å². The van der Waals surface area contributed by atoms with Gasteiger partial charge >= 0.3 is 0 Å². The predicted octanol–water partition coefficient (Wildman–Crippen LogP) is 0.153. The number of likely N-dealkylation sites (tertiary alicyclic amines) is 1. The van der Waals surface area contributed by atoms with E-state index in [1.165, 1.54) is 6.42 Å². The Morgan fingerprint density at radius 3 is 2.65 bits per heavy atom. The highest BCUT2D eigenvalue weighted by Crippen LogP contribution is 2.39. The van der Waals surface area contributed by atoms with Crippen molar-refractivity contribution in [3.8, 4) is 0 Å². The van der Waals surface area contributed by atoms with E-state index in [1.807, 2.05) is 0 Å². The van der Waals surface area contributed by atoms with Gasteiger partial charge in [0.2, 0.25) is 5.91 Å². The molecule has 0 bridgehead atoms. The van der Waals surface area contributed by atoms with E-state index >= 15 is 0 Å². The summed E-state index contributed by atoms with van der Waals surface area (Å²) in [6.45, 7) is 4.08. The molecule has 0 saturated carbocycles. The number of carbonyl (C=O) groups excluding carboxylic acids is 1. The molecule has 0 atom stereocenters. The van der Waals surface area contributed by atoms with E-state index in [2.05, 4.69) is 15.2 Å². The summed E-state index contributed by atoms with van der Waals surface area (Å²) in [7, 11) is 5.30. The van der Waals surface area contributed by atoms with Gasteiger partial charge in [-0.2, -0.15) is 0 Å². The number of ether oxygens (including phenoxy) is 1. The SMILES string of the molecule is CN=C(NCC(=O)N(C)C)N1CCC2(CCOCC2)C1. The lowest BCUT2D eigenvalue weighted by Crippen LogP contribution is -2.45. The Morgan fingerprint density at radius 2 is 2.05 bits per heavy atom. The number of aliphatic imine (C=N–C) groups is 1. The van der Waals surface area contributed by atoms with Crippen LogP contribution in [0.1, 0.15) is 19.3 Å². The van der Waals surface area contributed by atoms with Crippen LogP contribution in [-0.4, -0.2) is 75.7 Å². The van der Waals surface area contributed by atoms with E-state index in [0.29, 0.717) is 12.0 Å². The molecular formula is C14H26N4O2. The molecule has 2 rings (SSSR count). The highest BCUT2D eigenvalue weighted by atomic mass is 16.5. The molecule has 1 N–H and O–H groups in total. The molecule has 114 valence electrons. The molecule has 0 unspecified atom stereocenters. The Hall–Kier alpha value is -1.30. The molecule has 2 saturated heterocycles. The smallest absolute Gasteiger partial charge is 0.241 e. The van der Waals surface area contributed by atoms with Crippen LogP contribution >= 0.6 is 0 Å². The monoisotopic (exact) mass is 282 g/mol. The van der Waals surface area contributed by atoms with Crippen LogP contribution < -0.4 is 5.32 Å². The summed E-state index contributed by atoms with van der Waals surface area (Å²) in [5.74, 6) is 0.898. The van der Waals surface area contributed by atoms with Crippen LogP contribution in [0.25, 0.3) is 0 Å². The van der Waals surface area contributed by atoms with Crippen LogP contribution in [0.5, 0.6) is 0 Å². The third kappa shape index (κ3) is 3.42. The zero-order chi connectivity index (χ0) is 14.6. The summed E-state index contributed by atoms with van der Waals surface area (Å²) in [6, 6.07) is 0. The summed E-state index contributed by atoms with van der Waals surface area (Å²) < 4.78 is 5.47. The standard InChI is InChI=1S/C14H26N4O2/c1-15-13(16-10-12(19)17(2)3)18-7-4-14(11-18)5-8-20-9-6-14/h4-11H2,1-3H3,(H,15,16). The van der Waals surface area contributed by atoms with Gasteiger partial charge in [0.15, 0.2) is 5.96 Å². The second-order valence-electron chi connectivity index (χ2n) is 5.97. The number of rotatable bonds is 2. The Bertz CT molecular complexity index is 375. The molecule has 0 aliphatic carbocycles. The number of guanidine groups is 1. The molecule has 2 aliphatic rings. The number of carbonyl (C=O) groups is 1. The van der Waals surface area contributed by atoms with Crippen molar-refractivity contribution in [3.05, 3.63) is 0 Å². The van der Waals surface area contributed by atoms with Crippen LogP contribution in [0.3, 0.4) is 0 Å². The molecule has 2 fully saturated rings. The van der Waals surface area contributed by atoms with Gasteiger partial charge in [0, 0.05) is 47.4 Å². The molecule has 2 aliphatic heterocycles. The van der Waals surface area contributed by atoms with E-state index in [4.69, 9.17) is 4.74 Å². The maximum absolute atomic E-state index is 11.6. The minimum Gasteiger partial charge on any atom is -0.381 e. The zero-order valence-electron chi connectivity index (χ0n) is 12.8. The maximum Gasteiger partial charge on any atom is 0.241 e. The van der Waals surface area contributed by atoms with Gasteiger partial charge in [-0.1, -0.05) is 0 Å². The van der Waals surface area contributed by atoms with Crippen molar-refractivity contribution in [2.45, 2.75) is 19.3 Å². The van der Waals surface area contributed by atoms with Crippen molar-refractivity contribution in [1.82, 2.24) is 15.1 Å². The average Bonchev–Trinajstić information content (AvgIpc) is 2.83. The minimum absolute atomic E-state index is 0.0612. The first-order valence-electron chi connectivity index (χ1n) is 7.30. The molecule has 2 heterocycles. The van der Waals surface area contributed by atoms with Gasteiger partial charge in [-0.15, -0.1) is 0 Å². The second kappa shape index (κ2) is 6.43. The van der Waals surface area contributed by atoms with Crippen molar-refractivity contribution in [2.24, 2.45) is 10.4 Å². The van der Waals surface area contributed by atoms with Gasteiger partial charge < -0.3 is 19.9 Å². The van der Waals surface area contributed by atoms with E-state index in [-0.39, 0.29) is 5.91 Å². The lowest BCUT2D eigenvalue weighted by atomic mass is 9.80. The fourth-order valence-electron chi connectivity index (χ4n) is 2.97. The summed E-state index contributed by atoms with van der Waals surface area (Å²) in [6.07, 6.45) is 3.47. The molecule has 20 heavy (non-hydrogen) atoms. The largest absolute Gasteiger partial charge is 0.381 e. The van der Waals surface area contributed by atoms with E-state index < -0.39 is 0 Å². The quantitative estimate of drug-likeness (QED) is 0.579. The van der Waals surface area contributed by atoms with Crippen molar-refractivity contribution >= 4 is 11.9 Å². The zero-order valence-corrected chi connectivity index (χ0v) is 12.8. The average molecular weight is 282 g/mol. The van der Waals surface area contributed by atoms with Crippen LogP contribution in [0, 0.1) is 5.41 Å². The minimum atomic E-state index is 0.0612. The summed E-state index contributed by atoms with van der Waals surface area (Å²) in [5, 5.41) is 3.17. The van der Waals surface area contributed by atoms with Crippen molar-refractivity contribution < 1.29 is 9.53 Å². The molecule has 1 spiro atoms. The number of nitrogens with one attached hydrogen (secondary N) is 1. The third-order valence-corrected chi connectivity index (χ3v) is 4.40. The molecule has 6 nitrogen and oxygen atoms in total. The van der Waals surface area contributed by atoms with E-state index in [0.717, 1.165) is 45.1 Å². The summed E-state index contributed by atoms with van der Waals surface area (Å²) >= 11 is 0. The molecule has 0 aromatic rings. The Morgan fingerprint density at radius 1 is 1.35 bits per heavy atom. The number of hydrogen-bond acceptors (Lipinski definition) is 3. The first-order valence-corrected chi connectivity index (χ1v) is 7.30. The van der Waals surface area contributed by atoms with Gasteiger partial charge in [-0.25, -0.2) is 0 Å². The second-order valence-corrected chi connectivity index (χ2v) is 5.97. The van der Waals surface area contributed by atoms with Crippen LogP contribution in [0.15, 0.2) is 4.99 Å². The van der Waals surface area contributed by atoms with E-state index in [9.17, 15) is 4.79 Å². The van der Waals surface area contributed by atoms with Crippen LogP contribution in [0.2, 0.25) is 0 Å². The summed E-state index contributed by atoms with van der Waals surface area (Å²) in [4.78, 5) is 19.8. The van der Waals surface area contributed by atoms with Crippen LogP contribution in [0.4, 0.5) is 0 Å². The highest BCUT2D eigenvalue weighted by Gasteiger charge is 2.40. The van der Waals surface area contributed by atoms with Gasteiger partial charge in [0.1, 0.15) is 0 Å². The Labute approximate surface area is 121 Å². The third-order valence-electron chi connectivity index (χ3n) is 4.40. The van der Waals surface area contributed by atoms with E-state index in [1.54, 1.807) is 26.0 Å². The predicted molar refractivity (Wildman–Crippen MR) is 78.7 cm³/mol. The van der Waals surface area contributed by atoms with Crippen molar-refractivity contribution in [1.29, 1.82) is 0 Å². The Kier molecular flexibility index (Phi) is 4.86. The number of nitrogens with zero attached hydrogens (tertiary/aromatic N) is 3. The lowest BCUT2D eigenvalue weighted by molar-refractivity contribution is -0.127. The fraction of sp³-hybridized carbons (Fsp3) is 0.857. The highest BCUT2D eigenvalue weighted by molar-refractivity contribution is 5.86. The van der Waals surface area contributed by atoms with Crippen LogP contribution in [-0.2, 0) is 9.53 Å². The fourth-order valence-corrected chi connectivity index (χ4v) is 2.97. The normalized spacial score (nSPS) is 22.1. The molecular weight excluding hydrogens is 256 g/mol. The van der Waals surface area contributed by atoms with Crippen molar-refractivity contribution in [2.75, 3.05) is 54.0 Å². The molecule has 0 radical (unpaired) electrons. The number of likely N-dealkylation sites (N-methyl/N-ethyl adjacent to an activating group) is 1. The first kappa shape index (κ1) is 15.1. The lowest BCUT2D eigenvalue weighted by Gasteiger charge is -2.33. The van der Waals surface area contributed by atoms with Gasteiger partial charge in [0.25, 0.3) is 0 Å². The first-order chi connectivity index (χ1) is 9.56. The molecule has 0 aromatic carbocycles. The maximum atomic E-state index is 11.6. The molecule has 6 heteroatoms. The van der Waals surface area contributed by atoms with Gasteiger partial charge in [-0.05, 0) is 24.7 Å². The molecule has 0 aromatic heterocycles. The Balaban J connectivity index is 1.88.